The number of hydrogen-bond donors (Lipinski definition) is 2. The maximum atomic E-state index is 12.2. The molecule has 1 heterocycles. The van der Waals surface area contributed by atoms with Gasteiger partial charge < -0.3 is 10.1 Å². The second kappa shape index (κ2) is 7.62. The predicted molar refractivity (Wildman–Crippen MR) is 100 cm³/mol. The van der Waals surface area contributed by atoms with E-state index in [1.54, 1.807) is 12.1 Å². The number of thiocarbonyl (C=S) groups is 1. The average Bonchev–Trinajstić information content (AvgIpc) is 2.80. The van der Waals surface area contributed by atoms with Crippen LogP contribution in [0.1, 0.15) is 26.4 Å². The van der Waals surface area contributed by atoms with Gasteiger partial charge in [0.25, 0.3) is 5.91 Å². The van der Waals surface area contributed by atoms with E-state index in [1.165, 1.54) is 24.5 Å². The van der Waals surface area contributed by atoms with Crippen molar-refractivity contribution in [2.75, 3.05) is 12.4 Å². The van der Waals surface area contributed by atoms with Crippen LogP contribution in [0.4, 0.5) is 5.00 Å². The molecule has 2 rings (SSSR count). The third-order valence-electron chi connectivity index (χ3n) is 3.37. The van der Waals surface area contributed by atoms with Gasteiger partial charge in [0, 0.05) is 10.4 Å². The molecule has 124 valence electrons. The van der Waals surface area contributed by atoms with Crippen LogP contribution in [-0.2, 0) is 0 Å². The molecule has 1 amide bonds. The number of nitrogens with one attached hydrogen (secondary N) is 2. The number of rotatable bonds is 3. The Labute approximate surface area is 154 Å². The highest BCUT2D eigenvalue weighted by molar-refractivity contribution is 7.80. The lowest BCUT2D eigenvalue weighted by molar-refractivity contribution is 0.0977. The third kappa shape index (κ3) is 3.85. The Hall–Kier alpha value is -2.14. The summed E-state index contributed by atoms with van der Waals surface area (Å²) in [7, 11) is 1.50. The fourth-order valence-electron chi connectivity index (χ4n) is 1.97. The molecule has 0 radical (unpaired) electrons. The molecular formula is C16H14ClN3O2S2. The molecule has 0 unspecified atom stereocenters. The van der Waals surface area contributed by atoms with E-state index in [0.29, 0.717) is 26.9 Å². The molecule has 0 saturated heterocycles. The maximum absolute atomic E-state index is 12.2. The van der Waals surface area contributed by atoms with Gasteiger partial charge in [-0.2, -0.15) is 5.26 Å². The van der Waals surface area contributed by atoms with Gasteiger partial charge in [-0.05, 0) is 49.8 Å². The van der Waals surface area contributed by atoms with E-state index in [9.17, 15) is 10.1 Å². The molecule has 0 fully saturated rings. The Morgan fingerprint density at radius 3 is 2.71 bits per heavy atom. The van der Waals surface area contributed by atoms with E-state index in [2.05, 4.69) is 16.7 Å². The molecule has 0 aliphatic rings. The van der Waals surface area contributed by atoms with Crippen molar-refractivity contribution in [2.45, 2.75) is 13.8 Å². The first-order valence-corrected chi connectivity index (χ1v) is 8.43. The van der Waals surface area contributed by atoms with Gasteiger partial charge in [-0.25, -0.2) is 0 Å². The molecule has 8 heteroatoms. The standard InChI is InChI=1S/C16H14ClN3O2S2/c1-8-9(2)24-15(11(8)7-18)20-16(23)19-14(21)10-4-5-13(22-3)12(17)6-10/h4-6H,1-3H3,(H2,19,20,21,23). The van der Waals surface area contributed by atoms with Gasteiger partial charge in [0.2, 0.25) is 0 Å². The molecule has 2 aromatic rings. The first kappa shape index (κ1) is 18.2. The van der Waals surface area contributed by atoms with Crippen LogP contribution in [0.2, 0.25) is 5.02 Å². The fraction of sp³-hybridized carbons (Fsp3) is 0.188. The van der Waals surface area contributed by atoms with Crippen LogP contribution in [0.25, 0.3) is 0 Å². The topological polar surface area (TPSA) is 74.2 Å². The number of nitrogens with zero attached hydrogens (tertiary/aromatic N) is 1. The second-order valence-corrected chi connectivity index (χ2v) is 6.90. The lowest BCUT2D eigenvalue weighted by Crippen LogP contribution is -2.34. The molecule has 0 saturated carbocycles. The van der Waals surface area contributed by atoms with Crippen LogP contribution in [-0.4, -0.2) is 18.1 Å². The smallest absolute Gasteiger partial charge is 0.257 e. The highest BCUT2D eigenvalue weighted by Gasteiger charge is 2.15. The van der Waals surface area contributed by atoms with Gasteiger partial charge in [-0.3, -0.25) is 10.1 Å². The van der Waals surface area contributed by atoms with Gasteiger partial charge >= 0.3 is 0 Å². The molecule has 24 heavy (non-hydrogen) atoms. The summed E-state index contributed by atoms with van der Waals surface area (Å²) in [4.78, 5) is 13.2. The number of hydrogen-bond acceptors (Lipinski definition) is 5. The normalized spacial score (nSPS) is 9.96. The van der Waals surface area contributed by atoms with Crippen LogP contribution in [0, 0.1) is 25.2 Å². The number of halogens is 1. The average molecular weight is 380 g/mol. The summed E-state index contributed by atoms with van der Waals surface area (Å²) < 4.78 is 5.05. The van der Waals surface area contributed by atoms with Crippen molar-refractivity contribution < 1.29 is 9.53 Å². The zero-order valence-corrected chi connectivity index (χ0v) is 15.6. The molecule has 0 atom stereocenters. The van der Waals surface area contributed by atoms with Crippen LogP contribution in [0.15, 0.2) is 18.2 Å². The van der Waals surface area contributed by atoms with Gasteiger partial charge in [0.05, 0.1) is 17.7 Å². The van der Waals surface area contributed by atoms with Crippen molar-refractivity contribution >= 4 is 51.2 Å². The molecule has 1 aromatic carbocycles. The van der Waals surface area contributed by atoms with Crippen molar-refractivity contribution in [1.82, 2.24) is 5.32 Å². The molecule has 2 N–H and O–H groups in total. The van der Waals surface area contributed by atoms with Gasteiger partial charge in [-0.1, -0.05) is 11.6 Å². The first-order chi connectivity index (χ1) is 11.4. The predicted octanol–water partition coefficient (Wildman–Crippen LogP) is 4.03. The molecule has 0 aliphatic carbocycles. The first-order valence-electron chi connectivity index (χ1n) is 6.83. The summed E-state index contributed by atoms with van der Waals surface area (Å²) >= 11 is 12.6. The summed E-state index contributed by atoms with van der Waals surface area (Å²) in [6.07, 6.45) is 0. The summed E-state index contributed by atoms with van der Waals surface area (Å²) in [5.74, 6) is 0.0812. The van der Waals surface area contributed by atoms with Crippen LogP contribution in [0.3, 0.4) is 0 Å². The summed E-state index contributed by atoms with van der Waals surface area (Å²) in [6, 6.07) is 6.83. The molecular weight excluding hydrogens is 366 g/mol. The number of carbonyl (C=O) groups is 1. The number of anilines is 1. The summed E-state index contributed by atoms with van der Waals surface area (Å²) in [6.45, 7) is 3.80. The summed E-state index contributed by atoms with van der Waals surface area (Å²) in [5.41, 5.74) is 1.78. The highest BCUT2D eigenvalue weighted by atomic mass is 35.5. The maximum Gasteiger partial charge on any atom is 0.257 e. The molecule has 1 aromatic heterocycles. The number of amides is 1. The van der Waals surface area contributed by atoms with Crippen LogP contribution < -0.4 is 15.4 Å². The van der Waals surface area contributed by atoms with Gasteiger partial charge in [0.15, 0.2) is 5.11 Å². The van der Waals surface area contributed by atoms with E-state index < -0.39 is 5.91 Å². The lowest BCUT2D eigenvalue weighted by atomic mass is 10.2. The molecule has 5 nitrogen and oxygen atoms in total. The molecule has 0 aliphatic heterocycles. The Morgan fingerprint density at radius 1 is 1.42 bits per heavy atom. The minimum Gasteiger partial charge on any atom is -0.495 e. The number of ether oxygens (including phenoxy) is 1. The Kier molecular flexibility index (Phi) is 5.78. The number of nitriles is 1. The van der Waals surface area contributed by atoms with E-state index in [0.717, 1.165) is 10.4 Å². The fourth-order valence-corrected chi connectivity index (χ4v) is 3.50. The Bertz CT molecular complexity index is 856. The zero-order valence-electron chi connectivity index (χ0n) is 13.2. The minimum absolute atomic E-state index is 0.115. The monoisotopic (exact) mass is 379 g/mol. The van der Waals surface area contributed by atoms with Crippen LogP contribution in [0.5, 0.6) is 5.75 Å². The molecule has 0 bridgehead atoms. The van der Waals surface area contributed by atoms with Gasteiger partial charge in [-0.15, -0.1) is 11.3 Å². The van der Waals surface area contributed by atoms with E-state index >= 15 is 0 Å². The van der Waals surface area contributed by atoms with Crippen molar-refractivity contribution in [3.63, 3.8) is 0 Å². The number of thiophene rings is 1. The number of benzene rings is 1. The third-order valence-corrected chi connectivity index (χ3v) is 4.99. The quantitative estimate of drug-likeness (QED) is 0.787. The number of carbonyl (C=O) groups excluding carboxylic acids is 1. The zero-order chi connectivity index (χ0) is 17.9. The van der Waals surface area contributed by atoms with Gasteiger partial charge in [0.1, 0.15) is 16.8 Å². The van der Waals surface area contributed by atoms with Crippen molar-refractivity contribution in [2.24, 2.45) is 0 Å². The van der Waals surface area contributed by atoms with Crippen molar-refractivity contribution in [1.29, 1.82) is 5.26 Å². The van der Waals surface area contributed by atoms with E-state index in [1.807, 2.05) is 13.8 Å². The molecule has 0 spiro atoms. The van der Waals surface area contributed by atoms with E-state index in [4.69, 9.17) is 28.6 Å². The Morgan fingerprint density at radius 2 is 2.12 bits per heavy atom. The largest absolute Gasteiger partial charge is 0.495 e. The van der Waals surface area contributed by atoms with Crippen LogP contribution >= 0.6 is 35.2 Å². The SMILES string of the molecule is COc1ccc(C(=O)NC(=S)Nc2sc(C)c(C)c2C#N)cc1Cl. The lowest BCUT2D eigenvalue weighted by Gasteiger charge is -2.09. The second-order valence-electron chi connectivity index (χ2n) is 4.86. The van der Waals surface area contributed by atoms with Crippen molar-refractivity contribution in [3.05, 3.63) is 44.8 Å². The van der Waals surface area contributed by atoms with E-state index in [-0.39, 0.29) is 5.11 Å². The number of aryl methyl sites for hydroxylation is 1. The highest BCUT2D eigenvalue weighted by Crippen LogP contribution is 2.31. The minimum atomic E-state index is -0.402. The summed E-state index contributed by atoms with van der Waals surface area (Å²) in [5, 5.41) is 15.8. The number of methoxy groups -OCH3 is 1. The Balaban J connectivity index is 2.10. The van der Waals surface area contributed by atoms with Crippen molar-refractivity contribution in [3.8, 4) is 11.8 Å².